The Labute approximate surface area is 138 Å². The Kier molecular flexibility index (Phi) is 7.15. The summed E-state index contributed by atoms with van der Waals surface area (Å²) in [7, 11) is 0. The van der Waals surface area contributed by atoms with Gasteiger partial charge in [-0.25, -0.2) is 4.79 Å². The van der Waals surface area contributed by atoms with Gasteiger partial charge in [-0.3, -0.25) is 4.79 Å². The van der Waals surface area contributed by atoms with Crippen molar-refractivity contribution in [1.82, 2.24) is 0 Å². The standard InChI is InChI=1S/C15H24O9/c1-2-3-8(10(19)9(18)6-16)4-5-15(23,7-17)13-11(20)12(21)14(22)24-13/h8-9,13,16-18,20-21,23H,2-7H2,1H3/t8?,9?,13-,15-/m0/s1. The van der Waals surface area contributed by atoms with Gasteiger partial charge in [0.2, 0.25) is 5.76 Å². The first-order valence-electron chi connectivity index (χ1n) is 7.70. The fourth-order valence-corrected chi connectivity index (χ4v) is 2.67. The number of cyclic esters (lactones) is 1. The van der Waals surface area contributed by atoms with Gasteiger partial charge >= 0.3 is 5.97 Å². The molecule has 0 fully saturated rings. The van der Waals surface area contributed by atoms with Crippen molar-refractivity contribution in [1.29, 1.82) is 0 Å². The van der Waals surface area contributed by atoms with Crippen LogP contribution in [0.2, 0.25) is 0 Å². The monoisotopic (exact) mass is 348 g/mol. The van der Waals surface area contributed by atoms with Gasteiger partial charge < -0.3 is 35.4 Å². The molecule has 0 bridgehead atoms. The van der Waals surface area contributed by atoms with Crippen LogP contribution in [0.4, 0.5) is 0 Å². The van der Waals surface area contributed by atoms with Gasteiger partial charge in [-0.05, 0) is 19.3 Å². The molecule has 1 aliphatic rings. The highest BCUT2D eigenvalue weighted by molar-refractivity contribution is 5.89. The molecule has 4 atom stereocenters. The summed E-state index contributed by atoms with van der Waals surface area (Å²) < 4.78 is 4.67. The van der Waals surface area contributed by atoms with Crippen LogP contribution in [0, 0.1) is 5.92 Å². The number of Topliss-reactive ketones (excluding diaryl/α,β-unsaturated/α-hetero) is 1. The van der Waals surface area contributed by atoms with Crippen LogP contribution in [0.15, 0.2) is 11.5 Å². The summed E-state index contributed by atoms with van der Waals surface area (Å²) in [4.78, 5) is 23.3. The Morgan fingerprint density at radius 3 is 2.33 bits per heavy atom. The van der Waals surface area contributed by atoms with E-state index in [0.29, 0.717) is 12.8 Å². The molecule has 0 aromatic rings. The lowest BCUT2D eigenvalue weighted by Crippen LogP contribution is -2.48. The summed E-state index contributed by atoms with van der Waals surface area (Å²) in [6, 6.07) is 0. The molecule has 24 heavy (non-hydrogen) atoms. The van der Waals surface area contributed by atoms with Crippen molar-refractivity contribution in [2.75, 3.05) is 13.2 Å². The van der Waals surface area contributed by atoms with E-state index in [1.165, 1.54) is 0 Å². The summed E-state index contributed by atoms with van der Waals surface area (Å²) in [5.74, 6) is -4.42. The van der Waals surface area contributed by atoms with Crippen molar-refractivity contribution in [3.05, 3.63) is 11.5 Å². The van der Waals surface area contributed by atoms with Gasteiger partial charge in [0.25, 0.3) is 0 Å². The van der Waals surface area contributed by atoms with Crippen molar-refractivity contribution in [2.24, 2.45) is 5.92 Å². The highest BCUT2D eigenvalue weighted by atomic mass is 16.6. The molecule has 0 saturated heterocycles. The van der Waals surface area contributed by atoms with Crippen LogP contribution < -0.4 is 0 Å². The second kappa shape index (κ2) is 8.43. The van der Waals surface area contributed by atoms with Crippen molar-refractivity contribution < 1.29 is 45.0 Å². The maximum Gasteiger partial charge on any atom is 0.378 e. The van der Waals surface area contributed by atoms with Crippen LogP contribution in [0.5, 0.6) is 0 Å². The normalized spacial score (nSPS) is 22.9. The zero-order valence-electron chi connectivity index (χ0n) is 13.4. The Morgan fingerprint density at radius 2 is 1.92 bits per heavy atom. The molecule has 6 N–H and O–H groups in total. The summed E-state index contributed by atoms with van der Waals surface area (Å²) in [5.41, 5.74) is -2.10. The molecular weight excluding hydrogens is 324 g/mol. The molecular formula is C15H24O9. The zero-order valence-corrected chi connectivity index (χ0v) is 13.4. The number of ether oxygens (including phenoxy) is 1. The largest absolute Gasteiger partial charge is 0.505 e. The zero-order chi connectivity index (χ0) is 18.5. The molecule has 1 aliphatic heterocycles. The van der Waals surface area contributed by atoms with Crippen LogP contribution in [0.3, 0.4) is 0 Å². The van der Waals surface area contributed by atoms with E-state index < -0.39 is 60.2 Å². The number of hydrogen-bond donors (Lipinski definition) is 6. The minimum atomic E-state index is -2.10. The van der Waals surface area contributed by atoms with Gasteiger partial charge in [0.15, 0.2) is 17.6 Å². The van der Waals surface area contributed by atoms with E-state index in [0.717, 1.165) is 0 Å². The van der Waals surface area contributed by atoms with Crippen molar-refractivity contribution in [3.8, 4) is 0 Å². The lowest BCUT2D eigenvalue weighted by molar-refractivity contribution is -0.161. The fourth-order valence-electron chi connectivity index (χ4n) is 2.67. The topological polar surface area (TPSA) is 165 Å². The number of aliphatic hydroxyl groups excluding tert-OH is 5. The van der Waals surface area contributed by atoms with Crippen LogP contribution in [0.1, 0.15) is 32.6 Å². The Hall–Kier alpha value is -1.68. The SMILES string of the molecule is CCCC(CC[C@](O)(CO)[C@H]1OC(=O)C(O)=C1O)C(=O)C(O)CO. The molecule has 0 saturated carbocycles. The highest BCUT2D eigenvalue weighted by Crippen LogP contribution is 2.32. The average Bonchev–Trinajstić information content (AvgIpc) is 2.84. The smallest absolute Gasteiger partial charge is 0.378 e. The molecule has 0 aliphatic carbocycles. The molecule has 2 unspecified atom stereocenters. The molecule has 0 aromatic heterocycles. The molecule has 0 radical (unpaired) electrons. The molecule has 1 rings (SSSR count). The third kappa shape index (κ3) is 4.23. The summed E-state index contributed by atoms with van der Waals surface area (Å²) in [6.07, 6.45) is -2.41. The summed E-state index contributed by atoms with van der Waals surface area (Å²) in [5, 5.41) is 57.2. The Bertz CT molecular complexity index is 501. The van der Waals surface area contributed by atoms with Gasteiger partial charge in [0.1, 0.15) is 11.7 Å². The van der Waals surface area contributed by atoms with Gasteiger partial charge in [0, 0.05) is 5.92 Å². The molecule has 1 heterocycles. The number of carbonyl (C=O) groups excluding carboxylic acids is 2. The minimum absolute atomic E-state index is 0.0168. The predicted octanol–water partition coefficient (Wildman–Crippen LogP) is -0.918. The van der Waals surface area contributed by atoms with Gasteiger partial charge in [-0.1, -0.05) is 13.3 Å². The van der Waals surface area contributed by atoms with Crippen LogP contribution >= 0.6 is 0 Å². The number of ketones is 1. The van der Waals surface area contributed by atoms with E-state index in [2.05, 4.69) is 4.74 Å². The maximum absolute atomic E-state index is 12.0. The van der Waals surface area contributed by atoms with Crippen molar-refractivity contribution in [3.63, 3.8) is 0 Å². The Balaban J connectivity index is 2.86. The third-order valence-electron chi connectivity index (χ3n) is 4.14. The van der Waals surface area contributed by atoms with Gasteiger partial charge in [-0.15, -0.1) is 0 Å². The van der Waals surface area contributed by atoms with E-state index in [-0.39, 0.29) is 12.8 Å². The second-order valence-corrected chi connectivity index (χ2v) is 5.91. The molecule has 0 spiro atoms. The quantitative estimate of drug-likeness (QED) is 0.274. The van der Waals surface area contributed by atoms with E-state index in [1.807, 2.05) is 6.92 Å². The molecule has 138 valence electrons. The first-order valence-corrected chi connectivity index (χ1v) is 7.70. The second-order valence-electron chi connectivity index (χ2n) is 5.91. The van der Waals surface area contributed by atoms with Crippen molar-refractivity contribution >= 4 is 11.8 Å². The van der Waals surface area contributed by atoms with Gasteiger partial charge in [0.05, 0.1) is 13.2 Å². The van der Waals surface area contributed by atoms with E-state index in [1.54, 1.807) is 0 Å². The van der Waals surface area contributed by atoms with Crippen molar-refractivity contribution in [2.45, 2.75) is 50.4 Å². The number of rotatable bonds is 10. The van der Waals surface area contributed by atoms with Gasteiger partial charge in [-0.2, -0.15) is 0 Å². The number of aliphatic hydroxyl groups is 6. The maximum atomic E-state index is 12.0. The van der Waals surface area contributed by atoms with E-state index in [4.69, 9.17) is 5.11 Å². The molecule has 0 aromatic carbocycles. The molecule has 9 nitrogen and oxygen atoms in total. The number of carbonyl (C=O) groups is 2. The lowest BCUT2D eigenvalue weighted by atomic mass is 9.83. The fraction of sp³-hybridized carbons (Fsp3) is 0.733. The van der Waals surface area contributed by atoms with Crippen LogP contribution in [0.25, 0.3) is 0 Å². The first-order chi connectivity index (χ1) is 11.2. The summed E-state index contributed by atoms with van der Waals surface area (Å²) in [6.45, 7) is 0.202. The highest BCUT2D eigenvalue weighted by Gasteiger charge is 2.49. The molecule has 9 heteroatoms. The minimum Gasteiger partial charge on any atom is -0.505 e. The third-order valence-corrected chi connectivity index (χ3v) is 4.14. The molecule has 0 amide bonds. The number of hydrogen-bond acceptors (Lipinski definition) is 9. The van der Waals surface area contributed by atoms with E-state index >= 15 is 0 Å². The summed E-state index contributed by atoms with van der Waals surface area (Å²) >= 11 is 0. The van der Waals surface area contributed by atoms with Crippen LogP contribution in [-0.4, -0.2) is 73.4 Å². The number of esters is 1. The average molecular weight is 348 g/mol. The predicted molar refractivity (Wildman–Crippen MR) is 79.9 cm³/mol. The first kappa shape index (κ1) is 20.4. The van der Waals surface area contributed by atoms with Crippen LogP contribution in [-0.2, 0) is 14.3 Å². The lowest BCUT2D eigenvalue weighted by Gasteiger charge is -2.32. The Morgan fingerprint density at radius 1 is 1.29 bits per heavy atom. The van der Waals surface area contributed by atoms with E-state index in [9.17, 15) is 35.1 Å².